The van der Waals surface area contributed by atoms with E-state index in [2.05, 4.69) is 0 Å². The number of benzene rings is 2. The van der Waals surface area contributed by atoms with Gasteiger partial charge in [-0.05, 0) is 38.4 Å². The van der Waals surface area contributed by atoms with Crippen LogP contribution >= 0.6 is 0 Å². The molecular weight excluding hydrogens is 404 g/mol. The van der Waals surface area contributed by atoms with Crippen molar-refractivity contribution in [1.82, 2.24) is 9.21 Å². The molecule has 0 saturated carbocycles. The molecule has 0 heterocycles. The summed E-state index contributed by atoms with van der Waals surface area (Å²) >= 11 is 0. The third-order valence-electron chi connectivity index (χ3n) is 3.97. The van der Waals surface area contributed by atoms with Gasteiger partial charge in [-0.3, -0.25) is 20.2 Å². The summed E-state index contributed by atoms with van der Waals surface area (Å²) in [5.41, 5.74) is -0.695. The highest BCUT2D eigenvalue weighted by molar-refractivity contribution is 7.89. The largest absolute Gasteiger partial charge is 0.450 e. The van der Waals surface area contributed by atoms with Crippen molar-refractivity contribution in [1.29, 1.82) is 0 Å². The van der Waals surface area contributed by atoms with Gasteiger partial charge in [-0.1, -0.05) is 0 Å². The smallest absolute Gasteiger partial charge is 0.312 e. The van der Waals surface area contributed by atoms with Gasteiger partial charge in [-0.25, -0.2) is 8.42 Å². The van der Waals surface area contributed by atoms with Gasteiger partial charge in [0.15, 0.2) is 0 Å². The molecule has 0 fully saturated rings. The van der Waals surface area contributed by atoms with E-state index < -0.39 is 25.6 Å². The highest BCUT2D eigenvalue weighted by Crippen LogP contribution is 2.34. The zero-order chi connectivity index (χ0) is 21.8. The Morgan fingerprint density at radius 3 is 2.07 bits per heavy atom. The Morgan fingerprint density at radius 1 is 0.931 bits per heavy atom. The SMILES string of the molecule is CN(C)CCN(C)S(=O)(=O)c1ccc(Oc2ccc([N+](=O)[O-])cc2)c([N+](=O)[O-])c1. The van der Waals surface area contributed by atoms with Crippen molar-refractivity contribution in [3.8, 4) is 11.5 Å². The third kappa shape index (κ3) is 5.47. The molecule has 29 heavy (non-hydrogen) atoms. The second-order valence-corrected chi connectivity index (χ2v) is 8.41. The molecule has 2 aromatic rings. The maximum Gasteiger partial charge on any atom is 0.312 e. The Bertz CT molecular complexity index is 1010. The van der Waals surface area contributed by atoms with E-state index in [1.54, 1.807) is 14.1 Å². The van der Waals surface area contributed by atoms with Gasteiger partial charge in [0.1, 0.15) is 5.75 Å². The van der Waals surface area contributed by atoms with Crippen molar-refractivity contribution in [2.24, 2.45) is 0 Å². The van der Waals surface area contributed by atoms with Crippen LogP contribution < -0.4 is 4.74 Å². The molecule has 0 aromatic heterocycles. The topological polar surface area (TPSA) is 136 Å². The number of nitro benzene ring substituents is 2. The molecule has 0 saturated heterocycles. The van der Waals surface area contributed by atoms with Gasteiger partial charge in [0.25, 0.3) is 5.69 Å². The molecule has 0 amide bonds. The van der Waals surface area contributed by atoms with Crippen molar-refractivity contribution in [3.63, 3.8) is 0 Å². The van der Waals surface area contributed by atoms with Gasteiger partial charge in [-0.15, -0.1) is 0 Å². The Balaban J connectivity index is 2.33. The number of nitro groups is 2. The fourth-order valence-corrected chi connectivity index (χ4v) is 3.47. The first-order valence-corrected chi connectivity index (χ1v) is 9.78. The molecule has 11 nitrogen and oxygen atoms in total. The summed E-state index contributed by atoms with van der Waals surface area (Å²) in [6, 6.07) is 8.31. The second-order valence-electron chi connectivity index (χ2n) is 6.37. The minimum atomic E-state index is -3.92. The zero-order valence-electron chi connectivity index (χ0n) is 16.0. The van der Waals surface area contributed by atoms with E-state index in [0.717, 1.165) is 10.4 Å². The summed E-state index contributed by atoms with van der Waals surface area (Å²) in [5.74, 6) is -0.0452. The fraction of sp³-hybridized carbons (Fsp3) is 0.294. The number of ether oxygens (including phenoxy) is 1. The lowest BCUT2D eigenvalue weighted by atomic mass is 10.3. The predicted molar refractivity (Wildman–Crippen MR) is 105 cm³/mol. The number of likely N-dealkylation sites (N-methyl/N-ethyl adjacent to an activating group) is 2. The second kappa shape index (κ2) is 8.94. The van der Waals surface area contributed by atoms with Crippen LogP contribution in [0.25, 0.3) is 0 Å². The molecule has 0 bridgehead atoms. The minimum Gasteiger partial charge on any atom is -0.450 e. The van der Waals surface area contributed by atoms with Crippen LogP contribution in [0.3, 0.4) is 0 Å². The average Bonchev–Trinajstić information content (AvgIpc) is 2.66. The quantitative estimate of drug-likeness (QED) is 0.442. The molecule has 0 spiro atoms. The van der Waals surface area contributed by atoms with Crippen LogP contribution in [0.4, 0.5) is 11.4 Å². The fourth-order valence-electron chi connectivity index (χ4n) is 2.29. The highest BCUT2D eigenvalue weighted by atomic mass is 32.2. The lowest BCUT2D eigenvalue weighted by molar-refractivity contribution is -0.385. The molecule has 0 N–H and O–H groups in total. The van der Waals surface area contributed by atoms with Crippen molar-refractivity contribution < 1.29 is 23.0 Å². The van der Waals surface area contributed by atoms with Gasteiger partial charge in [-0.2, -0.15) is 4.31 Å². The van der Waals surface area contributed by atoms with Crippen LogP contribution in [0.2, 0.25) is 0 Å². The van der Waals surface area contributed by atoms with Crippen LogP contribution in [0.15, 0.2) is 47.4 Å². The van der Waals surface area contributed by atoms with E-state index >= 15 is 0 Å². The molecule has 0 atom stereocenters. The molecule has 0 aliphatic rings. The van der Waals surface area contributed by atoms with E-state index in [9.17, 15) is 28.6 Å². The highest BCUT2D eigenvalue weighted by Gasteiger charge is 2.26. The molecule has 0 radical (unpaired) electrons. The summed E-state index contributed by atoms with van der Waals surface area (Å²) < 4.78 is 31.9. The first-order chi connectivity index (χ1) is 13.5. The summed E-state index contributed by atoms with van der Waals surface area (Å²) in [6.07, 6.45) is 0. The van der Waals surface area contributed by atoms with E-state index in [1.807, 2.05) is 4.90 Å². The van der Waals surface area contributed by atoms with Gasteiger partial charge >= 0.3 is 5.69 Å². The minimum absolute atomic E-state index is 0.136. The molecule has 2 aromatic carbocycles. The molecule has 0 unspecified atom stereocenters. The first kappa shape index (κ1) is 22.2. The van der Waals surface area contributed by atoms with E-state index in [0.29, 0.717) is 6.54 Å². The van der Waals surface area contributed by atoms with Gasteiger partial charge < -0.3 is 9.64 Å². The van der Waals surface area contributed by atoms with Crippen LogP contribution in [0, 0.1) is 20.2 Å². The van der Waals surface area contributed by atoms with Crippen molar-refractivity contribution in [2.45, 2.75) is 4.90 Å². The summed E-state index contributed by atoms with van der Waals surface area (Å²) in [5, 5.41) is 22.1. The summed E-state index contributed by atoms with van der Waals surface area (Å²) in [4.78, 5) is 22.4. The lowest BCUT2D eigenvalue weighted by Gasteiger charge is -2.19. The first-order valence-electron chi connectivity index (χ1n) is 8.34. The van der Waals surface area contributed by atoms with Crippen LogP contribution in [0.5, 0.6) is 11.5 Å². The number of sulfonamides is 1. The van der Waals surface area contributed by atoms with Gasteiger partial charge in [0, 0.05) is 38.3 Å². The van der Waals surface area contributed by atoms with E-state index in [4.69, 9.17) is 4.74 Å². The Hall–Kier alpha value is -3.09. The molecule has 156 valence electrons. The zero-order valence-corrected chi connectivity index (χ0v) is 16.8. The van der Waals surface area contributed by atoms with E-state index in [1.165, 1.54) is 43.4 Å². The molecule has 0 aliphatic carbocycles. The molecule has 0 aliphatic heterocycles. The monoisotopic (exact) mass is 424 g/mol. The summed E-state index contributed by atoms with van der Waals surface area (Å²) in [7, 11) is 1.07. The number of nitrogens with zero attached hydrogens (tertiary/aromatic N) is 4. The predicted octanol–water partition coefficient (Wildman–Crippen LogP) is 2.48. The Kier molecular flexibility index (Phi) is 6.84. The number of hydrogen-bond donors (Lipinski definition) is 0. The number of non-ortho nitro benzene ring substituents is 1. The van der Waals surface area contributed by atoms with Crippen molar-refractivity contribution in [3.05, 3.63) is 62.7 Å². The third-order valence-corrected chi connectivity index (χ3v) is 5.83. The number of rotatable bonds is 9. The maximum absolute atomic E-state index is 12.7. The van der Waals surface area contributed by atoms with Crippen LogP contribution in [-0.4, -0.2) is 61.7 Å². The number of hydrogen-bond acceptors (Lipinski definition) is 8. The molecule has 12 heteroatoms. The Labute approximate surface area is 167 Å². The summed E-state index contributed by atoms with van der Waals surface area (Å²) in [6.45, 7) is 0.698. The lowest BCUT2D eigenvalue weighted by Crippen LogP contribution is -2.33. The molecular formula is C17H20N4O7S. The van der Waals surface area contributed by atoms with Gasteiger partial charge in [0.2, 0.25) is 15.8 Å². The average molecular weight is 424 g/mol. The van der Waals surface area contributed by atoms with Crippen molar-refractivity contribution >= 4 is 21.4 Å². The Morgan fingerprint density at radius 2 is 1.55 bits per heavy atom. The normalized spacial score (nSPS) is 11.6. The van der Waals surface area contributed by atoms with Crippen molar-refractivity contribution in [2.75, 3.05) is 34.2 Å². The van der Waals surface area contributed by atoms with E-state index in [-0.39, 0.29) is 28.6 Å². The van der Waals surface area contributed by atoms with Crippen LogP contribution in [-0.2, 0) is 10.0 Å². The standard InChI is InChI=1S/C17H20N4O7S/c1-18(2)10-11-19(3)29(26,27)15-8-9-17(16(12-15)21(24)25)28-14-6-4-13(5-7-14)20(22)23/h4-9,12H,10-11H2,1-3H3. The molecule has 2 rings (SSSR count). The van der Waals surface area contributed by atoms with Gasteiger partial charge in [0.05, 0.1) is 14.7 Å². The maximum atomic E-state index is 12.7. The van der Waals surface area contributed by atoms with Crippen LogP contribution in [0.1, 0.15) is 0 Å².